The molecule has 2 heterocycles. The first-order chi connectivity index (χ1) is 9.49. The van der Waals surface area contributed by atoms with Crippen molar-refractivity contribution in [2.24, 2.45) is 4.99 Å². The van der Waals surface area contributed by atoms with Gasteiger partial charge >= 0.3 is 6.03 Å². The van der Waals surface area contributed by atoms with Gasteiger partial charge in [-0.3, -0.25) is 10.1 Å². The van der Waals surface area contributed by atoms with E-state index in [4.69, 9.17) is 0 Å². The van der Waals surface area contributed by atoms with E-state index in [0.717, 1.165) is 19.4 Å². The molecule has 0 aromatic carbocycles. The van der Waals surface area contributed by atoms with Gasteiger partial charge in [0.05, 0.1) is 0 Å². The van der Waals surface area contributed by atoms with Gasteiger partial charge in [0.25, 0.3) is 5.91 Å². The third kappa shape index (κ3) is 2.44. The van der Waals surface area contributed by atoms with Crippen LogP contribution in [0.15, 0.2) is 4.99 Å². The highest BCUT2D eigenvalue weighted by atomic mass is 16.2. The van der Waals surface area contributed by atoms with Crippen molar-refractivity contribution in [3.8, 4) is 0 Å². The smallest absolute Gasteiger partial charge is 0.325 e. The SMILES string of the molecule is CCCN1C(NC(C)CC)=NC2C1C(=O)NC(=O)N2C. The van der Waals surface area contributed by atoms with Crippen molar-refractivity contribution >= 4 is 17.9 Å². The predicted octanol–water partition coefficient (Wildman–Crippen LogP) is 0.332. The van der Waals surface area contributed by atoms with E-state index in [9.17, 15) is 9.59 Å². The van der Waals surface area contributed by atoms with Gasteiger partial charge in [-0.2, -0.15) is 0 Å². The van der Waals surface area contributed by atoms with E-state index in [1.165, 1.54) is 4.90 Å². The fourth-order valence-electron chi connectivity index (χ4n) is 2.45. The zero-order chi connectivity index (χ0) is 14.9. The molecule has 3 unspecified atom stereocenters. The molecule has 2 N–H and O–H groups in total. The highest BCUT2D eigenvalue weighted by Crippen LogP contribution is 2.23. The summed E-state index contributed by atoms with van der Waals surface area (Å²) in [5, 5.41) is 5.72. The Hall–Kier alpha value is -1.79. The molecule has 112 valence electrons. The predicted molar refractivity (Wildman–Crippen MR) is 76.2 cm³/mol. The lowest BCUT2D eigenvalue weighted by Gasteiger charge is -2.36. The van der Waals surface area contributed by atoms with E-state index in [1.807, 2.05) is 4.90 Å². The fourth-order valence-corrected chi connectivity index (χ4v) is 2.45. The van der Waals surface area contributed by atoms with Crippen molar-refractivity contribution in [1.82, 2.24) is 20.4 Å². The van der Waals surface area contributed by atoms with Crippen LogP contribution < -0.4 is 10.6 Å². The topological polar surface area (TPSA) is 77.0 Å². The minimum absolute atomic E-state index is 0.267. The fraction of sp³-hybridized carbons (Fsp3) is 0.769. The van der Waals surface area contributed by atoms with Crippen molar-refractivity contribution in [3.05, 3.63) is 0 Å². The maximum Gasteiger partial charge on any atom is 0.325 e. The Morgan fingerprint density at radius 2 is 2.10 bits per heavy atom. The molecule has 0 bridgehead atoms. The number of hydrogen-bond acceptors (Lipinski definition) is 5. The third-order valence-corrected chi connectivity index (χ3v) is 3.81. The van der Waals surface area contributed by atoms with E-state index in [0.29, 0.717) is 5.96 Å². The lowest BCUT2D eigenvalue weighted by molar-refractivity contribution is -0.127. The van der Waals surface area contributed by atoms with Crippen molar-refractivity contribution in [1.29, 1.82) is 0 Å². The third-order valence-electron chi connectivity index (χ3n) is 3.81. The van der Waals surface area contributed by atoms with Crippen LogP contribution in [0.1, 0.15) is 33.6 Å². The van der Waals surface area contributed by atoms with Crippen LogP contribution in [0, 0.1) is 0 Å². The first-order valence-corrected chi connectivity index (χ1v) is 7.18. The molecule has 1 saturated heterocycles. The van der Waals surface area contributed by atoms with Gasteiger partial charge in [-0.15, -0.1) is 0 Å². The highest BCUT2D eigenvalue weighted by Gasteiger charge is 2.48. The maximum atomic E-state index is 12.1. The van der Waals surface area contributed by atoms with Gasteiger partial charge in [-0.05, 0) is 19.8 Å². The number of hydrogen-bond donors (Lipinski definition) is 2. The lowest BCUT2D eigenvalue weighted by Crippen LogP contribution is -2.64. The van der Waals surface area contributed by atoms with Crippen LogP contribution in [-0.2, 0) is 4.79 Å². The standard InChI is InChI=1S/C13H23N5O2/c1-5-7-18-9-10(15-12(18)14-8(3)6-2)17(4)13(20)16-11(9)19/h8-10H,5-7H2,1-4H3,(H,14,15)(H,16,19,20). The second kappa shape index (κ2) is 5.68. The van der Waals surface area contributed by atoms with Crippen LogP contribution in [0.25, 0.3) is 0 Å². The number of imide groups is 1. The van der Waals surface area contributed by atoms with Crippen LogP contribution in [0.3, 0.4) is 0 Å². The number of rotatable bonds is 4. The second-order valence-electron chi connectivity index (χ2n) is 5.36. The molecule has 2 aliphatic rings. The second-order valence-corrected chi connectivity index (χ2v) is 5.36. The van der Waals surface area contributed by atoms with Crippen molar-refractivity contribution in [3.63, 3.8) is 0 Å². The lowest BCUT2D eigenvalue weighted by atomic mass is 10.1. The molecule has 2 rings (SSSR count). The number of nitrogens with one attached hydrogen (secondary N) is 2. The largest absolute Gasteiger partial charge is 0.354 e. The molecule has 0 aromatic rings. The van der Waals surface area contributed by atoms with Gasteiger partial charge in [-0.1, -0.05) is 13.8 Å². The normalized spacial score (nSPS) is 27.1. The Kier molecular flexibility index (Phi) is 4.15. The molecule has 0 spiro atoms. The zero-order valence-electron chi connectivity index (χ0n) is 12.5. The number of likely N-dealkylation sites (N-methyl/N-ethyl adjacent to an activating group) is 1. The molecule has 2 aliphatic heterocycles. The van der Waals surface area contributed by atoms with Crippen LogP contribution in [-0.4, -0.2) is 59.5 Å². The number of carbonyl (C=O) groups is 2. The van der Waals surface area contributed by atoms with Gasteiger partial charge in [0.2, 0.25) is 0 Å². The molecule has 0 saturated carbocycles. The van der Waals surface area contributed by atoms with Crippen molar-refractivity contribution in [2.75, 3.05) is 13.6 Å². The number of aliphatic imine (C=N–C) groups is 1. The van der Waals surface area contributed by atoms with Crippen LogP contribution >= 0.6 is 0 Å². The van der Waals surface area contributed by atoms with Gasteiger partial charge in [-0.25, -0.2) is 9.79 Å². The molecule has 7 nitrogen and oxygen atoms in total. The highest BCUT2D eigenvalue weighted by molar-refractivity contribution is 6.03. The Bertz CT molecular complexity index is 436. The average Bonchev–Trinajstić information content (AvgIpc) is 2.76. The Morgan fingerprint density at radius 3 is 2.70 bits per heavy atom. The molecule has 20 heavy (non-hydrogen) atoms. The van der Waals surface area contributed by atoms with E-state index in [1.54, 1.807) is 7.05 Å². The number of fused-ring (bicyclic) bond motifs is 1. The first-order valence-electron chi connectivity index (χ1n) is 7.18. The monoisotopic (exact) mass is 281 g/mol. The summed E-state index contributed by atoms with van der Waals surface area (Å²) < 4.78 is 0. The summed E-state index contributed by atoms with van der Waals surface area (Å²) in [6, 6.07) is -0.539. The zero-order valence-corrected chi connectivity index (χ0v) is 12.5. The summed E-state index contributed by atoms with van der Waals surface area (Å²) in [7, 11) is 1.67. The summed E-state index contributed by atoms with van der Waals surface area (Å²) in [6.07, 6.45) is 1.44. The minimum Gasteiger partial charge on any atom is -0.354 e. The van der Waals surface area contributed by atoms with Gasteiger partial charge in [0.1, 0.15) is 0 Å². The number of urea groups is 1. The molecule has 1 fully saturated rings. The molecule has 0 aliphatic carbocycles. The maximum absolute atomic E-state index is 12.1. The Morgan fingerprint density at radius 1 is 1.40 bits per heavy atom. The van der Waals surface area contributed by atoms with Crippen molar-refractivity contribution in [2.45, 2.75) is 51.9 Å². The van der Waals surface area contributed by atoms with Crippen LogP contribution in [0.5, 0.6) is 0 Å². The first kappa shape index (κ1) is 14.6. The van der Waals surface area contributed by atoms with Crippen molar-refractivity contribution < 1.29 is 9.59 Å². The summed E-state index contributed by atoms with van der Waals surface area (Å²) in [5.74, 6) is 0.448. The summed E-state index contributed by atoms with van der Waals surface area (Å²) in [6.45, 7) is 6.96. The minimum atomic E-state index is -0.436. The summed E-state index contributed by atoms with van der Waals surface area (Å²) in [4.78, 5) is 31.8. The Balaban J connectivity index is 2.26. The van der Waals surface area contributed by atoms with Gasteiger partial charge in [0, 0.05) is 19.6 Å². The average molecular weight is 281 g/mol. The molecule has 0 aromatic heterocycles. The Labute approximate surface area is 119 Å². The van der Waals surface area contributed by atoms with E-state index < -0.39 is 12.2 Å². The van der Waals surface area contributed by atoms with E-state index >= 15 is 0 Å². The van der Waals surface area contributed by atoms with Crippen LogP contribution in [0.4, 0.5) is 4.79 Å². The quantitative estimate of drug-likeness (QED) is 0.778. The molecule has 3 atom stereocenters. The molecule has 0 radical (unpaired) electrons. The molecular formula is C13H23N5O2. The number of guanidine groups is 1. The van der Waals surface area contributed by atoms with Crippen LogP contribution in [0.2, 0.25) is 0 Å². The number of amides is 3. The van der Waals surface area contributed by atoms with Gasteiger partial charge in [0.15, 0.2) is 18.2 Å². The summed E-state index contributed by atoms with van der Waals surface area (Å²) in [5.41, 5.74) is 0. The molecule has 7 heteroatoms. The van der Waals surface area contributed by atoms with E-state index in [2.05, 4.69) is 36.4 Å². The van der Waals surface area contributed by atoms with E-state index in [-0.39, 0.29) is 18.0 Å². The number of carbonyl (C=O) groups excluding carboxylic acids is 2. The molecule has 3 amide bonds. The summed E-state index contributed by atoms with van der Waals surface area (Å²) >= 11 is 0. The molecular weight excluding hydrogens is 258 g/mol. The number of nitrogens with zero attached hydrogens (tertiary/aromatic N) is 3. The van der Waals surface area contributed by atoms with Gasteiger partial charge < -0.3 is 15.1 Å².